The van der Waals surface area contributed by atoms with Crippen molar-refractivity contribution in [3.05, 3.63) is 42.1 Å². The summed E-state index contributed by atoms with van der Waals surface area (Å²) >= 11 is 0. The largest absolute Gasteiger partial charge is 0.444 e. The second-order valence-electron chi connectivity index (χ2n) is 7.70. The molecule has 1 heterocycles. The Hall–Kier alpha value is -2.96. The summed E-state index contributed by atoms with van der Waals surface area (Å²) in [6, 6.07) is 8.79. The summed E-state index contributed by atoms with van der Waals surface area (Å²) in [5.41, 5.74) is 3.60. The van der Waals surface area contributed by atoms with Crippen molar-refractivity contribution in [3.8, 4) is 0 Å². The van der Waals surface area contributed by atoms with Crippen LogP contribution in [-0.2, 0) is 9.53 Å². The third-order valence-corrected chi connectivity index (χ3v) is 4.18. The molecule has 2 N–H and O–H groups in total. The number of ether oxygens (including phenoxy) is 1. The number of carbonyl (C=O) groups excluding carboxylic acids is 2. The van der Waals surface area contributed by atoms with Crippen LogP contribution in [0.25, 0.3) is 10.9 Å². The highest BCUT2D eigenvalue weighted by atomic mass is 16.6. The van der Waals surface area contributed by atoms with Crippen molar-refractivity contribution in [2.24, 2.45) is 11.0 Å². The number of benzene rings is 1. The summed E-state index contributed by atoms with van der Waals surface area (Å²) in [6.07, 6.45) is 3.39. The van der Waals surface area contributed by atoms with Crippen molar-refractivity contribution >= 4 is 29.1 Å². The first kappa shape index (κ1) is 21.3. The molecule has 1 aromatic carbocycles. The first-order valence-electron chi connectivity index (χ1n) is 9.37. The number of pyridine rings is 1. The van der Waals surface area contributed by atoms with Crippen LogP contribution >= 0.6 is 0 Å². The smallest absolute Gasteiger partial charge is 0.408 e. The van der Waals surface area contributed by atoms with E-state index in [9.17, 15) is 9.59 Å². The molecule has 2 atom stereocenters. The number of hydrogen-bond donors (Lipinski definition) is 2. The molecule has 1 aromatic heterocycles. The lowest BCUT2D eigenvalue weighted by atomic mass is 9.99. The molecule has 2 aromatic rings. The van der Waals surface area contributed by atoms with Gasteiger partial charge in [-0.15, -0.1) is 0 Å². The van der Waals surface area contributed by atoms with E-state index < -0.39 is 17.7 Å². The zero-order valence-corrected chi connectivity index (χ0v) is 17.0. The minimum absolute atomic E-state index is 0.0746. The summed E-state index contributed by atoms with van der Waals surface area (Å²) in [7, 11) is 0. The summed E-state index contributed by atoms with van der Waals surface area (Å²) < 4.78 is 5.25. The highest BCUT2D eigenvalue weighted by Gasteiger charge is 2.28. The number of nitrogens with one attached hydrogen (secondary N) is 2. The van der Waals surface area contributed by atoms with Crippen molar-refractivity contribution in [2.75, 3.05) is 0 Å². The van der Waals surface area contributed by atoms with Gasteiger partial charge >= 0.3 is 6.09 Å². The SMILES string of the molecule is CCC(C)[C@H](NC(=O)OC(C)(C)C)C(=O)N/N=C/c1ccc2ncccc2c1. The van der Waals surface area contributed by atoms with Crippen LogP contribution in [-0.4, -0.2) is 34.8 Å². The van der Waals surface area contributed by atoms with Crippen molar-refractivity contribution in [1.29, 1.82) is 0 Å². The average Bonchev–Trinajstić information content (AvgIpc) is 2.64. The fraction of sp³-hybridized carbons (Fsp3) is 0.429. The maximum Gasteiger partial charge on any atom is 0.408 e. The lowest BCUT2D eigenvalue weighted by molar-refractivity contribution is -0.124. The molecule has 0 fully saturated rings. The van der Waals surface area contributed by atoms with Gasteiger partial charge in [-0.05, 0) is 50.5 Å². The number of carbonyl (C=O) groups is 2. The Morgan fingerprint density at radius 1 is 1.29 bits per heavy atom. The van der Waals surface area contributed by atoms with Crippen LogP contribution in [0.5, 0.6) is 0 Å². The zero-order chi connectivity index (χ0) is 20.7. The molecule has 0 bridgehead atoms. The van der Waals surface area contributed by atoms with Gasteiger partial charge in [-0.2, -0.15) is 5.10 Å². The van der Waals surface area contributed by atoms with E-state index in [2.05, 4.69) is 20.8 Å². The number of fused-ring (bicyclic) bond motifs is 1. The maximum atomic E-state index is 12.5. The van der Waals surface area contributed by atoms with Crippen LogP contribution in [0, 0.1) is 5.92 Å². The Morgan fingerprint density at radius 3 is 2.71 bits per heavy atom. The average molecular weight is 384 g/mol. The number of hydrazone groups is 1. The standard InChI is InChI=1S/C21H28N4O3/c1-6-14(2)18(24-20(27)28-21(3,4)5)19(26)25-23-13-15-9-10-17-16(12-15)8-7-11-22-17/h7-14,18H,6H2,1-5H3,(H,24,27)(H,25,26)/b23-13+/t14?,18-/m0/s1. The van der Waals surface area contributed by atoms with Gasteiger partial charge in [0.25, 0.3) is 5.91 Å². The number of nitrogens with zero attached hydrogens (tertiary/aromatic N) is 2. The molecule has 0 aliphatic rings. The van der Waals surface area contributed by atoms with E-state index in [0.29, 0.717) is 0 Å². The fourth-order valence-corrected chi connectivity index (χ4v) is 2.55. The molecule has 0 aliphatic carbocycles. The molecule has 0 aliphatic heterocycles. The van der Waals surface area contributed by atoms with E-state index in [1.165, 1.54) is 0 Å². The molecule has 0 saturated heterocycles. The monoisotopic (exact) mass is 384 g/mol. The van der Waals surface area contributed by atoms with Crippen LogP contribution in [0.2, 0.25) is 0 Å². The first-order chi connectivity index (χ1) is 13.2. The Balaban J connectivity index is 2.03. The highest BCUT2D eigenvalue weighted by Crippen LogP contribution is 2.13. The Morgan fingerprint density at radius 2 is 2.04 bits per heavy atom. The second-order valence-corrected chi connectivity index (χ2v) is 7.70. The van der Waals surface area contributed by atoms with Crippen LogP contribution in [0.3, 0.4) is 0 Å². The Bertz CT molecular complexity index is 858. The van der Waals surface area contributed by atoms with Gasteiger partial charge in [0.2, 0.25) is 0 Å². The number of rotatable bonds is 6. The van der Waals surface area contributed by atoms with Crippen LogP contribution in [0.15, 0.2) is 41.6 Å². The molecule has 0 saturated carbocycles. The topological polar surface area (TPSA) is 92.7 Å². The third kappa shape index (κ3) is 6.33. The number of aromatic nitrogens is 1. The number of hydrogen-bond acceptors (Lipinski definition) is 5. The van der Waals surface area contributed by atoms with Crippen LogP contribution in [0.1, 0.15) is 46.6 Å². The minimum Gasteiger partial charge on any atom is -0.444 e. The van der Waals surface area contributed by atoms with Gasteiger partial charge in [-0.3, -0.25) is 9.78 Å². The molecule has 1 unspecified atom stereocenters. The van der Waals surface area contributed by atoms with Crippen molar-refractivity contribution in [2.45, 2.75) is 52.7 Å². The molecule has 7 heteroatoms. The predicted molar refractivity (Wildman–Crippen MR) is 110 cm³/mol. The summed E-state index contributed by atoms with van der Waals surface area (Å²) in [5, 5.41) is 7.66. The lowest BCUT2D eigenvalue weighted by Gasteiger charge is -2.25. The van der Waals surface area contributed by atoms with Gasteiger partial charge < -0.3 is 10.1 Å². The van der Waals surface area contributed by atoms with E-state index in [4.69, 9.17) is 4.74 Å². The van der Waals surface area contributed by atoms with Gasteiger partial charge in [0, 0.05) is 11.6 Å². The first-order valence-corrected chi connectivity index (χ1v) is 9.37. The normalized spacial score (nSPS) is 13.9. The molecule has 2 rings (SSSR count). The molecular formula is C21H28N4O3. The molecular weight excluding hydrogens is 356 g/mol. The van der Waals surface area contributed by atoms with Crippen LogP contribution < -0.4 is 10.7 Å². The van der Waals surface area contributed by atoms with Gasteiger partial charge in [0.1, 0.15) is 11.6 Å². The zero-order valence-electron chi connectivity index (χ0n) is 17.0. The second kappa shape index (κ2) is 9.30. The fourth-order valence-electron chi connectivity index (χ4n) is 2.55. The van der Waals surface area contributed by atoms with Gasteiger partial charge in [0.05, 0.1) is 11.7 Å². The highest BCUT2D eigenvalue weighted by molar-refractivity contribution is 5.90. The molecule has 2 amide bonds. The van der Waals surface area contributed by atoms with Crippen molar-refractivity contribution < 1.29 is 14.3 Å². The van der Waals surface area contributed by atoms with E-state index in [1.54, 1.807) is 33.2 Å². The molecule has 0 radical (unpaired) electrons. The molecule has 150 valence electrons. The van der Waals surface area contributed by atoms with E-state index in [-0.39, 0.29) is 11.8 Å². The van der Waals surface area contributed by atoms with Gasteiger partial charge in [-0.1, -0.05) is 32.4 Å². The minimum atomic E-state index is -0.738. The van der Waals surface area contributed by atoms with E-state index >= 15 is 0 Å². The Kier molecular flexibility index (Phi) is 7.09. The van der Waals surface area contributed by atoms with E-state index in [0.717, 1.165) is 22.9 Å². The van der Waals surface area contributed by atoms with Crippen molar-refractivity contribution in [1.82, 2.24) is 15.7 Å². The third-order valence-electron chi connectivity index (χ3n) is 4.18. The van der Waals surface area contributed by atoms with Gasteiger partial charge in [0.15, 0.2) is 0 Å². The lowest BCUT2D eigenvalue weighted by Crippen LogP contribution is -2.50. The predicted octanol–water partition coefficient (Wildman–Crippen LogP) is 3.62. The Labute approximate surface area is 165 Å². The summed E-state index contributed by atoms with van der Waals surface area (Å²) in [4.78, 5) is 28.9. The molecule has 0 spiro atoms. The maximum absolute atomic E-state index is 12.5. The van der Waals surface area contributed by atoms with Gasteiger partial charge in [-0.25, -0.2) is 10.2 Å². The van der Waals surface area contributed by atoms with Crippen molar-refractivity contribution in [3.63, 3.8) is 0 Å². The number of amides is 2. The van der Waals surface area contributed by atoms with Crippen LogP contribution in [0.4, 0.5) is 4.79 Å². The number of alkyl carbamates (subject to hydrolysis) is 1. The van der Waals surface area contributed by atoms with E-state index in [1.807, 2.05) is 44.2 Å². The molecule has 7 nitrogen and oxygen atoms in total. The molecule has 28 heavy (non-hydrogen) atoms. The summed E-state index contributed by atoms with van der Waals surface area (Å²) in [6.45, 7) is 9.16. The quantitative estimate of drug-likeness (QED) is 0.588. The summed E-state index contributed by atoms with van der Waals surface area (Å²) in [5.74, 6) is -0.464.